The van der Waals surface area contributed by atoms with Crippen LogP contribution in [0.15, 0.2) is 24.3 Å². The predicted octanol–water partition coefficient (Wildman–Crippen LogP) is 2.04. The molecular formula is C21H25N3O3. The molecule has 142 valence electrons. The van der Waals surface area contributed by atoms with E-state index in [0.29, 0.717) is 26.1 Å². The molecule has 2 fully saturated rings. The molecule has 4 heterocycles. The Morgan fingerprint density at radius 2 is 2.04 bits per heavy atom. The molecule has 0 aliphatic carbocycles. The largest absolute Gasteiger partial charge is 0.368 e. The lowest BCUT2D eigenvalue weighted by Crippen LogP contribution is -2.50. The molecule has 0 bridgehead atoms. The van der Waals surface area contributed by atoms with Crippen LogP contribution in [0.25, 0.3) is 10.9 Å². The van der Waals surface area contributed by atoms with Crippen LogP contribution in [-0.4, -0.2) is 59.9 Å². The Kier molecular flexibility index (Phi) is 3.79. The van der Waals surface area contributed by atoms with Crippen molar-refractivity contribution < 1.29 is 14.3 Å². The van der Waals surface area contributed by atoms with E-state index >= 15 is 0 Å². The first kappa shape index (κ1) is 16.8. The summed E-state index contributed by atoms with van der Waals surface area (Å²) in [5.41, 5.74) is 3.43. The molecule has 2 aromatic rings. The topological polar surface area (TPSA) is 65.6 Å². The Hall–Kier alpha value is -2.34. The summed E-state index contributed by atoms with van der Waals surface area (Å²) in [5, 5.41) is 1.29. The van der Waals surface area contributed by atoms with Gasteiger partial charge in [0.2, 0.25) is 11.8 Å². The number of aromatic nitrogens is 1. The van der Waals surface area contributed by atoms with Gasteiger partial charge >= 0.3 is 0 Å². The Morgan fingerprint density at radius 3 is 2.78 bits per heavy atom. The van der Waals surface area contributed by atoms with E-state index in [2.05, 4.69) is 29.2 Å². The highest BCUT2D eigenvalue weighted by atomic mass is 16.5. The van der Waals surface area contributed by atoms with Crippen molar-refractivity contribution in [3.63, 3.8) is 0 Å². The lowest BCUT2D eigenvalue weighted by atomic mass is 9.83. The molecule has 2 saturated heterocycles. The number of hydrogen-bond acceptors (Lipinski definition) is 3. The van der Waals surface area contributed by atoms with E-state index in [0.717, 1.165) is 25.9 Å². The van der Waals surface area contributed by atoms with Crippen molar-refractivity contribution in [2.75, 3.05) is 33.3 Å². The minimum atomic E-state index is -0.314. The fraction of sp³-hybridized carbons (Fsp3) is 0.524. The summed E-state index contributed by atoms with van der Waals surface area (Å²) in [7, 11) is 1.77. The van der Waals surface area contributed by atoms with Crippen LogP contribution in [0.2, 0.25) is 0 Å². The lowest BCUT2D eigenvalue weighted by molar-refractivity contribution is -0.145. The highest BCUT2D eigenvalue weighted by Crippen LogP contribution is 2.43. The first-order valence-electron chi connectivity index (χ1n) is 9.84. The number of rotatable bonds is 1. The van der Waals surface area contributed by atoms with Crippen molar-refractivity contribution in [1.82, 2.24) is 14.8 Å². The molecule has 1 aromatic carbocycles. The van der Waals surface area contributed by atoms with Crippen LogP contribution in [0.4, 0.5) is 0 Å². The number of likely N-dealkylation sites (tertiary alicyclic amines) is 2. The average molecular weight is 367 g/mol. The summed E-state index contributed by atoms with van der Waals surface area (Å²) in [6, 6.07) is 8.43. The number of nitrogens with zero attached hydrogens (tertiary/aromatic N) is 2. The van der Waals surface area contributed by atoms with Gasteiger partial charge in [-0.3, -0.25) is 9.59 Å². The molecule has 2 amide bonds. The number of piperidine rings is 1. The number of carbonyl (C=O) groups is 2. The number of hydrogen-bond donors (Lipinski definition) is 1. The number of benzene rings is 1. The van der Waals surface area contributed by atoms with E-state index in [1.807, 2.05) is 4.90 Å². The van der Waals surface area contributed by atoms with Gasteiger partial charge < -0.3 is 19.5 Å². The summed E-state index contributed by atoms with van der Waals surface area (Å²) >= 11 is 0. The van der Waals surface area contributed by atoms with Crippen LogP contribution in [0.1, 0.15) is 30.5 Å². The molecule has 0 saturated carbocycles. The van der Waals surface area contributed by atoms with Crippen LogP contribution in [0, 0.1) is 5.92 Å². The second-order valence-electron chi connectivity index (χ2n) is 8.12. The summed E-state index contributed by atoms with van der Waals surface area (Å²) in [4.78, 5) is 31.8. The van der Waals surface area contributed by atoms with Crippen LogP contribution >= 0.6 is 0 Å². The first-order chi connectivity index (χ1) is 13.1. The standard InChI is InChI=1S/C21H25N3O3/c1-23-13-14(12-18(23)25)20(26)24-9-7-21(8-10-24)19-16(6-11-27-21)15-4-2-3-5-17(15)22-19/h2-5,14,22H,6-13H2,1H3. The van der Waals surface area contributed by atoms with Crippen LogP contribution in [-0.2, 0) is 26.3 Å². The van der Waals surface area contributed by atoms with E-state index in [1.165, 1.54) is 22.2 Å². The monoisotopic (exact) mass is 367 g/mol. The fourth-order valence-corrected chi connectivity index (χ4v) is 5.04. The number of H-pyrrole nitrogens is 1. The van der Waals surface area contributed by atoms with Gasteiger partial charge in [0.25, 0.3) is 0 Å². The summed E-state index contributed by atoms with van der Waals surface area (Å²) in [6.07, 6.45) is 2.88. The van der Waals surface area contributed by atoms with Gasteiger partial charge in [-0.2, -0.15) is 0 Å². The number of ether oxygens (including phenoxy) is 1. The summed E-state index contributed by atoms with van der Waals surface area (Å²) < 4.78 is 6.32. The third kappa shape index (κ3) is 2.57. The van der Waals surface area contributed by atoms with E-state index in [-0.39, 0.29) is 23.3 Å². The number of amides is 2. The van der Waals surface area contributed by atoms with Crippen molar-refractivity contribution in [3.05, 3.63) is 35.5 Å². The van der Waals surface area contributed by atoms with E-state index in [1.54, 1.807) is 11.9 Å². The van der Waals surface area contributed by atoms with Crippen molar-refractivity contribution in [2.24, 2.45) is 5.92 Å². The maximum atomic E-state index is 12.8. The Balaban J connectivity index is 1.36. The quantitative estimate of drug-likeness (QED) is 0.839. The zero-order valence-electron chi connectivity index (χ0n) is 15.7. The van der Waals surface area contributed by atoms with Crippen molar-refractivity contribution >= 4 is 22.7 Å². The number of carbonyl (C=O) groups excluding carboxylic acids is 2. The van der Waals surface area contributed by atoms with Gasteiger partial charge in [0.15, 0.2) is 0 Å². The van der Waals surface area contributed by atoms with Gasteiger partial charge in [-0.15, -0.1) is 0 Å². The summed E-state index contributed by atoms with van der Waals surface area (Å²) in [6.45, 7) is 2.64. The number of nitrogens with one attached hydrogen (secondary N) is 1. The lowest BCUT2D eigenvalue weighted by Gasteiger charge is -2.44. The molecule has 1 spiro atoms. The second-order valence-corrected chi connectivity index (χ2v) is 8.12. The van der Waals surface area contributed by atoms with Gasteiger partial charge in [-0.1, -0.05) is 18.2 Å². The van der Waals surface area contributed by atoms with E-state index < -0.39 is 0 Å². The molecule has 1 atom stereocenters. The van der Waals surface area contributed by atoms with Gasteiger partial charge in [-0.25, -0.2) is 0 Å². The van der Waals surface area contributed by atoms with Crippen molar-refractivity contribution in [2.45, 2.75) is 31.3 Å². The van der Waals surface area contributed by atoms with Gasteiger partial charge in [0.1, 0.15) is 5.60 Å². The predicted molar refractivity (Wildman–Crippen MR) is 101 cm³/mol. The zero-order chi connectivity index (χ0) is 18.6. The zero-order valence-corrected chi connectivity index (χ0v) is 15.7. The summed E-state index contributed by atoms with van der Waals surface area (Å²) in [5.74, 6) is 0.00264. The fourth-order valence-electron chi connectivity index (χ4n) is 5.04. The third-order valence-electron chi connectivity index (χ3n) is 6.57. The Bertz CT molecular complexity index is 911. The number of para-hydroxylation sites is 1. The maximum Gasteiger partial charge on any atom is 0.227 e. The first-order valence-corrected chi connectivity index (χ1v) is 9.84. The van der Waals surface area contributed by atoms with Crippen LogP contribution in [0.5, 0.6) is 0 Å². The van der Waals surface area contributed by atoms with Gasteiger partial charge in [0, 0.05) is 44.0 Å². The molecule has 6 nitrogen and oxygen atoms in total. The van der Waals surface area contributed by atoms with Crippen LogP contribution in [0.3, 0.4) is 0 Å². The number of aromatic amines is 1. The molecule has 27 heavy (non-hydrogen) atoms. The second kappa shape index (κ2) is 6.09. The minimum absolute atomic E-state index is 0.0696. The molecule has 3 aliphatic heterocycles. The van der Waals surface area contributed by atoms with Gasteiger partial charge in [-0.05, 0) is 30.9 Å². The Labute approximate surface area is 158 Å². The SMILES string of the molecule is CN1CC(C(=O)N2CCC3(CC2)OCCc2c3[nH]c3ccccc23)CC1=O. The molecule has 0 radical (unpaired) electrons. The maximum absolute atomic E-state index is 12.8. The van der Waals surface area contributed by atoms with E-state index in [9.17, 15) is 9.59 Å². The molecule has 1 aromatic heterocycles. The molecule has 3 aliphatic rings. The highest BCUT2D eigenvalue weighted by Gasteiger charge is 2.45. The van der Waals surface area contributed by atoms with E-state index in [4.69, 9.17) is 4.74 Å². The molecule has 6 heteroatoms. The smallest absolute Gasteiger partial charge is 0.227 e. The molecule has 1 N–H and O–H groups in total. The normalized spacial score (nSPS) is 24.6. The third-order valence-corrected chi connectivity index (χ3v) is 6.57. The highest BCUT2D eigenvalue weighted by molar-refractivity contribution is 5.89. The van der Waals surface area contributed by atoms with Crippen LogP contribution < -0.4 is 0 Å². The minimum Gasteiger partial charge on any atom is -0.368 e. The van der Waals surface area contributed by atoms with Crippen molar-refractivity contribution in [3.8, 4) is 0 Å². The molecular weight excluding hydrogens is 342 g/mol. The average Bonchev–Trinajstić information content (AvgIpc) is 3.23. The molecule has 1 unspecified atom stereocenters. The molecule has 5 rings (SSSR count). The Morgan fingerprint density at radius 1 is 1.26 bits per heavy atom. The van der Waals surface area contributed by atoms with Crippen molar-refractivity contribution in [1.29, 1.82) is 0 Å². The number of fused-ring (bicyclic) bond motifs is 4. The van der Waals surface area contributed by atoms with Gasteiger partial charge in [0.05, 0.1) is 18.2 Å².